The molecule has 0 unspecified atom stereocenters. The van der Waals surface area contributed by atoms with Gasteiger partial charge in [0.05, 0.1) is 12.5 Å². The van der Waals surface area contributed by atoms with Gasteiger partial charge in [-0.05, 0) is 42.8 Å². The van der Waals surface area contributed by atoms with E-state index in [1.807, 2.05) is 0 Å². The molecule has 0 saturated heterocycles. The molecule has 0 heterocycles. The first-order chi connectivity index (χ1) is 8.06. The summed E-state index contributed by atoms with van der Waals surface area (Å²) in [6.07, 6.45) is 2.92. The normalized spacial score (nSPS) is 34.6. The van der Waals surface area contributed by atoms with E-state index >= 15 is 0 Å². The summed E-state index contributed by atoms with van der Waals surface area (Å²) in [6, 6.07) is 0. The summed E-state index contributed by atoms with van der Waals surface area (Å²) in [7, 11) is -0.161. The van der Waals surface area contributed by atoms with Crippen molar-refractivity contribution in [1.82, 2.24) is 0 Å². The number of hydrogen-bond donors (Lipinski definition) is 0. The zero-order chi connectivity index (χ0) is 13.8. The van der Waals surface area contributed by atoms with Crippen molar-refractivity contribution in [1.29, 1.82) is 0 Å². The summed E-state index contributed by atoms with van der Waals surface area (Å²) >= 11 is 0. The van der Waals surface area contributed by atoms with Crippen LogP contribution in [0.25, 0.3) is 0 Å². The molecule has 3 aliphatic rings. The summed E-state index contributed by atoms with van der Waals surface area (Å²) in [4.78, 5) is 11.6. The average Bonchev–Trinajstić information content (AvgIpc) is 2.11. The summed E-state index contributed by atoms with van der Waals surface area (Å²) in [5.74, 6) is -0.0169. The second kappa shape index (κ2) is 3.82. The molecule has 4 heteroatoms. The maximum Gasteiger partial charge on any atom is 0.311 e. The second-order valence-corrected chi connectivity index (χ2v) is 12.7. The first-order valence-corrected chi connectivity index (χ1v) is 9.69. The van der Waals surface area contributed by atoms with Gasteiger partial charge < -0.3 is 9.16 Å². The van der Waals surface area contributed by atoms with E-state index in [1.54, 1.807) is 0 Å². The topological polar surface area (TPSA) is 35.5 Å². The van der Waals surface area contributed by atoms with Crippen molar-refractivity contribution >= 4 is 14.3 Å². The van der Waals surface area contributed by atoms with Crippen molar-refractivity contribution in [3.05, 3.63) is 0 Å². The molecule has 104 valence electrons. The van der Waals surface area contributed by atoms with E-state index in [1.165, 1.54) is 7.11 Å². The molecule has 0 aromatic heterocycles. The molecule has 0 spiro atoms. The summed E-state index contributed by atoms with van der Waals surface area (Å²) in [6.45, 7) is 12.2. The minimum absolute atomic E-state index is 0.0169. The molecule has 2 bridgehead atoms. The highest BCUT2D eigenvalue weighted by molar-refractivity contribution is 6.74. The van der Waals surface area contributed by atoms with E-state index in [4.69, 9.17) is 9.16 Å². The van der Waals surface area contributed by atoms with Gasteiger partial charge in [0, 0.05) is 6.61 Å². The SMILES string of the molecule is COC(=O)C12CC(CO[Si](C)(C)C(C)(C)C)(C1)C2. The third-order valence-corrected chi connectivity index (χ3v) is 9.78. The van der Waals surface area contributed by atoms with Gasteiger partial charge in [-0.25, -0.2) is 0 Å². The first kappa shape index (κ1) is 14.1. The predicted octanol–water partition coefficient (Wildman–Crippen LogP) is 3.35. The highest BCUT2D eigenvalue weighted by Gasteiger charge is 2.72. The monoisotopic (exact) mass is 270 g/mol. The third-order valence-electron chi connectivity index (χ3n) is 5.30. The van der Waals surface area contributed by atoms with Crippen LogP contribution in [0.1, 0.15) is 40.0 Å². The lowest BCUT2D eigenvalue weighted by atomic mass is 9.35. The van der Waals surface area contributed by atoms with Gasteiger partial charge in [0.2, 0.25) is 0 Å². The maximum absolute atomic E-state index is 11.6. The van der Waals surface area contributed by atoms with Crippen LogP contribution < -0.4 is 0 Å². The van der Waals surface area contributed by atoms with Gasteiger partial charge in [-0.15, -0.1) is 0 Å². The number of carbonyl (C=O) groups excluding carboxylic acids is 1. The van der Waals surface area contributed by atoms with Crippen LogP contribution in [-0.2, 0) is 14.0 Å². The Kier molecular flexibility index (Phi) is 2.99. The van der Waals surface area contributed by atoms with Crippen LogP contribution in [0.5, 0.6) is 0 Å². The number of hydrogen-bond acceptors (Lipinski definition) is 3. The fourth-order valence-corrected chi connectivity index (χ4v) is 4.23. The van der Waals surface area contributed by atoms with Gasteiger partial charge in [-0.1, -0.05) is 20.8 Å². The van der Waals surface area contributed by atoms with Crippen molar-refractivity contribution in [2.24, 2.45) is 10.8 Å². The van der Waals surface area contributed by atoms with Gasteiger partial charge in [-0.3, -0.25) is 4.79 Å². The molecule has 0 atom stereocenters. The number of esters is 1. The lowest BCUT2D eigenvalue weighted by Gasteiger charge is -2.68. The van der Waals surface area contributed by atoms with Crippen LogP contribution >= 0.6 is 0 Å². The molecule has 18 heavy (non-hydrogen) atoms. The molecule has 0 N–H and O–H groups in total. The van der Waals surface area contributed by atoms with Crippen LogP contribution in [-0.4, -0.2) is 28.0 Å². The third kappa shape index (κ3) is 1.94. The summed E-state index contributed by atoms with van der Waals surface area (Å²) in [5.41, 5.74) is 0.162. The van der Waals surface area contributed by atoms with E-state index in [0.717, 1.165) is 25.9 Å². The molecular weight excluding hydrogens is 244 g/mol. The van der Waals surface area contributed by atoms with Crippen LogP contribution in [0.2, 0.25) is 18.1 Å². The van der Waals surface area contributed by atoms with Crippen molar-refractivity contribution in [3.63, 3.8) is 0 Å². The molecule has 3 rings (SSSR count). The average molecular weight is 270 g/mol. The van der Waals surface area contributed by atoms with Crippen molar-refractivity contribution in [3.8, 4) is 0 Å². The zero-order valence-corrected chi connectivity index (χ0v) is 13.6. The second-order valence-electron chi connectivity index (χ2n) is 7.85. The van der Waals surface area contributed by atoms with Crippen LogP contribution in [0.15, 0.2) is 0 Å². The number of ether oxygens (including phenoxy) is 1. The number of carbonyl (C=O) groups is 1. The molecule has 3 nitrogen and oxygen atoms in total. The van der Waals surface area contributed by atoms with E-state index in [9.17, 15) is 4.79 Å². The van der Waals surface area contributed by atoms with Crippen LogP contribution in [0, 0.1) is 10.8 Å². The Hall–Kier alpha value is -0.353. The standard InChI is InChI=1S/C14H26O3Si/c1-12(2,3)18(5,6)17-10-13-7-14(8-13,9-13)11(15)16-4/h7-10H2,1-6H3. The van der Waals surface area contributed by atoms with E-state index in [0.29, 0.717) is 5.41 Å². The highest BCUT2D eigenvalue weighted by Crippen LogP contribution is 2.73. The minimum Gasteiger partial charge on any atom is -0.469 e. The Morgan fingerprint density at radius 3 is 2.11 bits per heavy atom. The van der Waals surface area contributed by atoms with Gasteiger partial charge in [-0.2, -0.15) is 0 Å². The number of methoxy groups -OCH3 is 1. The van der Waals surface area contributed by atoms with Crippen molar-refractivity contribution in [2.75, 3.05) is 13.7 Å². The minimum atomic E-state index is -1.65. The zero-order valence-electron chi connectivity index (χ0n) is 12.6. The molecule has 0 aliphatic heterocycles. The fourth-order valence-electron chi connectivity index (χ4n) is 3.13. The van der Waals surface area contributed by atoms with Crippen LogP contribution in [0.3, 0.4) is 0 Å². The van der Waals surface area contributed by atoms with Crippen molar-refractivity contribution in [2.45, 2.75) is 58.2 Å². The first-order valence-electron chi connectivity index (χ1n) is 6.78. The summed E-state index contributed by atoms with van der Waals surface area (Å²) < 4.78 is 11.2. The molecule has 0 aromatic carbocycles. The highest BCUT2D eigenvalue weighted by atomic mass is 28.4. The molecule has 3 fully saturated rings. The summed E-state index contributed by atoms with van der Waals surface area (Å²) in [5, 5.41) is 0.260. The Labute approximate surface area is 111 Å². The van der Waals surface area contributed by atoms with Gasteiger partial charge in [0.25, 0.3) is 0 Å². The van der Waals surface area contributed by atoms with E-state index in [2.05, 4.69) is 33.9 Å². The smallest absolute Gasteiger partial charge is 0.311 e. The Morgan fingerprint density at radius 1 is 1.22 bits per heavy atom. The molecule has 0 amide bonds. The molecule has 3 aliphatic carbocycles. The Morgan fingerprint density at radius 2 is 1.72 bits per heavy atom. The van der Waals surface area contributed by atoms with Gasteiger partial charge in [0.1, 0.15) is 0 Å². The fraction of sp³-hybridized carbons (Fsp3) is 0.929. The molecule has 0 aromatic rings. The van der Waals surface area contributed by atoms with E-state index < -0.39 is 8.32 Å². The van der Waals surface area contributed by atoms with E-state index in [-0.39, 0.29) is 16.4 Å². The number of rotatable bonds is 4. The lowest BCUT2D eigenvalue weighted by Crippen LogP contribution is -2.68. The quantitative estimate of drug-likeness (QED) is 0.580. The largest absolute Gasteiger partial charge is 0.469 e. The Balaban J connectivity index is 1.84. The predicted molar refractivity (Wildman–Crippen MR) is 73.9 cm³/mol. The molecule has 3 saturated carbocycles. The lowest BCUT2D eigenvalue weighted by molar-refractivity contribution is -0.234. The molecular formula is C14H26O3Si. The molecule has 0 radical (unpaired) electrons. The maximum atomic E-state index is 11.6. The van der Waals surface area contributed by atoms with Gasteiger partial charge in [0.15, 0.2) is 8.32 Å². The Bertz CT molecular complexity index is 348. The van der Waals surface area contributed by atoms with Crippen LogP contribution in [0.4, 0.5) is 0 Å². The van der Waals surface area contributed by atoms with Crippen molar-refractivity contribution < 1.29 is 14.0 Å². The van der Waals surface area contributed by atoms with Gasteiger partial charge >= 0.3 is 5.97 Å².